The summed E-state index contributed by atoms with van der Waals surface area (Å²) in [6.45, 7) is 0. The molecule has 1 aromatic carbocycles. The summed E-state index contributed by atoms with van der Waals surface area (Å²) in [5, 5.41) is 0. The van der Waals surface area contributed by atoms with Gasteiger partial charge in [0.15, 0.2) is 5.78 Å². The number of carbonyl (C=O) groups excluding carboxylic acids is 1. The zero-order valence-corrected chi connectivity index (χ0v) is 8.55. The van der Waals surface area contributed by atoms with Gasteiger partial charge < -0.3 is 0 Å². The number of hydrogen-bond donors (Lipinski definition) is 0. The molecule has 1 aromatic rings. The lowest BCUT2D eigenvalue weighted by molar-refractivity contribution is -0.137. The van der Waals surface area contributed by atoms with Crippen LogP contribution in [0.15, 0.2) is 24.3 Å². The fourth-order valence-electron chi connectivity index (χ4n) is 1.73. The van der Waals surface area contributed by atoms with Crippen LogP contribution in [0.2, 0.25) is 0 Å². The zero-order chi connectivity index (χ0) is 11.8. The number of alkyl halides is 3. The molecule has 0 radical (unpaired) electrons. The number of hydrogen-bond acceptors (Lipinski definition) is 1. The van der Waals surface area contributed by atoms with Crippen LogP contribution in [0.3, 0.4) is 0 Å². The molecule has 86 valence electrons. The summed E-state index contributed by atoms with van der Waals surface area (Å²) in [6, 6.07) is 4.46. The van der Waals surface area contributed by atoms with Gasteiger partial charge in [-0.2, -0.15) is 13.2 Å². The predicted octanol–water partition coefficient (Wildman–Crippen LogP) is 3.69. The molecule has 0 N–H and O–H groups in total. The molecule has 1 aliphatic carbocycles. The Balaban J connectivity index is 2.15. The molecular weight excluding hydrogens is 217 g/mol. The van der Waals surface area contributed by atoms with Crippen LogP contribution in [-0.2, 0) is 6.18 Å². The van der Waals surface area contributed by atoms with Crippen molar-refractivity contribution in [1.29, 1.82) is 0 Å². The smallest absolute Gasteiger partial charge is 0.294 e. The molecule has 0 aliphatic heterocycles. The monoisotopic (exact) mass is 228 g/mol. The van der Waals surface area contributed by atoms with E-state index in [4.69, 9.17) is 0 Å². The van der Waals surface area contributed by atoms with E-state index < -0.39 is 11.7 Å². The molecule has 1 nitrogen and oxygen atoms in total. The Kier molecular flexibility index (Phi) is 2.74. The van der Waals surface area contributed by atoms with E-state index in [-0.39, 0.29) is 11.7 Å². The van der Waals surface area contributed by atoms with E-state index in [1.54, 1.807) is 0 Å². The lowest BCUT2D eigenvalue weighted by Crippen LogP contribution is -2.22. The highest BCUT2D eigenvalue weighted by molar-refractivity contribution is 5.98. The maximum absolute atomic E-state index is 12.3. The molecule has 0 atom stereocenters. The number of halogens is 3. The molecule has 0 heterocycles. The first-order valence-electron chi connectivity index (χ1n) is 5.20. The van der Waals surface area contributed by atoms with Gasteiger partial charge in [0.2, 0.25) is 0 Å². The molecule has 0 amide bonds. The number of rotatable bonds is 2. The topological polar surface area (TPSA) is 17.1 Å². The van der Waals surface area contributed by atoms with E-state index in [1.807, 2.05) is 0 Å². The van der Waals surface area contributed by atoms with Crippen LogP contribution in [-0.4, -0.2) is 5.78 Å². The van der Waals surface area contributed by atoms with Crippen LogP contribution in [0.25, 0.3) is 0 Å². The normalized spacial score (nSPS) is 16.9. The first-order valence-corrected chi connectivity index (χ1v) is 5.20. The van der Waals surface area contributed by atoms with Crippen molar-refractivity contribution < 1.29 is 18.0 Å². The average molecular weight is 228 g/mol. The largest absolute Gasteiger partial charge is 0.416 e. The maximum atomic E-state index is 12.3. The minimum Gasteiger partial charge on any atom is -0.294 e. The minimum absolute atomic E-state index is 0.0248. The summed E-state index contributed by atoms with van der Waals surface area (Å²) in [4.78, 5) is 11.7. The summed E-state index contributed by atoms with van der Waals surface area (Å²) < 4.78 is 36.8. The predicted molar refractivity (Wildman–Crippen MR) is 53.1 cm³/mol. The Morgan fingerprint density at radius 3 is 2.06 bits per heavy atom. The molecule has 0 unspecified atom stereocenters. The molecule has 1 aliphatic rings. The van der Waals surface area contributed by atoms with Crippen LogP contribution < -0.4 is 0 Å². The van der Waals surface area contributed by atoms with Gasteiger partial charge in [0.25, 0.3) is 0 Å². The van der Waals surface area contributed by atoms with Crippen LogP contribution in [0.5, 0.6) is 0 Å². The fourth-order valence-corrected chi connectivity index (χ4v) is 1.73. The van der Waals surface area contributed by atoms with Crippen molar-refractivity contribution in [2.24, 2.45) is 5.92 Å². The summed E-state index contributed by atoms with van der Waals surface area (Å²) in [6.07, 6.45) is -1.57. The number of ketones is 1. The lowest BCUT2D eigenvalue weighted by Gasteiger charge is -2.23. The molecule has 0 saturated heterocycles. The van der Waals surface area contributed by atoms with Crippen molar-refractivity contribution in [3.63, 3.8) is 0 Å². The summed E-state index contributed by atoms with van der Waals surface area (Å²) in [5.74, 6) is -0.00305. The fraction of sp³-hybridized carbons (Fsp3) is 0.417. The van der Waals surface area contributed by atoms with Crippen molar-refractivity contribution in [3.05, 3.63) is 35.4 Å². The molecular formula is C12H11F3O. The maximum Gasteiger partial charge on any atom is 0.416 e. The SMILES string of the molecule is O=C(c1ccc(C(F)(F)F)cc1)C1CCC1. The molecule has 4 heteroatoms. The van der Waals surface area contributed by atoms with Gasteiger partial charge in [-0.1, -0.05) is 18.6 Å². The van der Waals surface area contributed by atoms with E-state index in [1.165, 1.54) is 12.1 Å². The van der Waals surface area contributed by atoms with Crippen molar-refractivity contribution >= 4 is 5.78 Å². The highest BCUT2D eigenvalue weighted by atomic mass is 19.4. The second-order valence-electron chi connectivity index (χ2n) is 4.07. The Morgan fingerprint density at radius 2 is 1.69 bits per heavy atom. The van der Waals surface area contributed by atoms with E-state index in [0.717, 1.165) is 31.4 Å². The van der Waals surface area contributed by atoms with Crippen LogP contribution in [0.1, 0.15) is 35.2 Å². The van der Waals surface area contributed by atoms with Crippen LogP contribution >= 0.6 is 0 Å². The van der Waals surface area contributed by atoms with Crippen molar-refractivity contribution in [2.75, 3.05) is 0 Å². The second kappa shape index (κ2) is 3.92. The molecule has 1 fully saturated rings. The van der Waals surface area contributed by atoms with Gasteiger partial charge in [-0.25, -0.2) is 0 Å². The summed E-state index contributed by atoms with van der Waals surface area (Å²) in [7, 11) is 0. The Bertz CT molecular complexity index is 388. The van der Waals surface area contributed by atoms with Crippen molar-refractivity contribution in [2.45, 2.75) is 25.4 Å². The number of carbonyl (C=O) groups is 1. The molecule has 16 heavy (non-hydrogen) atoms. The molecule has 2 rings (SSSR count). The van der Waals surface area contributed by atoms with Gasteiger partial charge in [0.05, 0.1) is 5.56 Å². The minimum atomic E-state index is -4.34. The number of benzene rings is 1. The van der Waals surface area contributed by atoms with Crippen LogP contribution in [0, 0.1) is 5.92 Å². The third-order valence-electron chi connectivity index (χ3n) is 2.97. The van der Waals surface area contributed by atoms with E-state index in [9.17, 15) is 18.0 Å². The first-order chi connectivity index (χ1) is 7.48. The highest BCUT2D eigenvalue weighted by Crippen LogP contribution is 2.32. The Morgan fingerprint density at radius 1 is 1.12 bits per heavy atom. The summed E-state index contributed by atoms with van der Waals surface area (Å²) in [5.41, 5.74) is -0.324. The first kappa shape index (κ1) is 11.2. The standard InChI is InChI=1S/C12H11F3O/c13-12(14,15)10-6-4-9(5-7-10)11(16)8-2-1-3-8/h4-8H,1-3H2. The lowest BCUT2D eigenvalue weighted by atomic mass is 9.80. The van der Waals surface area contributed by atoms with Gasteiger partial charge in [0, 0.05) is 11.5 Å². The van der Waals surface area contributed by atoms with Gasteiger partial charge in [0.1, 0.15) is 0 Å². The van der Waals surface area contributed by atoms with Gasteiger partial charge >= 0.3 is 6.18 Å². The molecule has 0 spiro atoms. The van der Waals surface area contributed by atoms with Gasteiger partial charge in [-0.15, -0.1) is 0 Å². The van der Waals surface area contributed by atoms with Crippen LogP contribution in [0.4, 0.5) is 13.2 Å². The van der Waals surface area contributed by atoms with E-state index in [2.05, 4.69) is 0 Å². The molecule has 0 aromatic heterocycles. The van der Waals surface area contributed by atoms with Crippen molar-refractivity contribution in [3.8, 4) is 0 Å². The van der Waals surface area contributed by atoms with Crippen molar-refractivity contribution in [1.82, 2.24) is 0 Å². The molecule has 0 bridgehead atoms. The Labute approximate surface area is 91.3 Å². The Hall–Kier alpha value is -1.32. The van der Waals surface area contributed by atoms with E-state index in [0.29, 0.717) is 5.56 Å². The second-order valence-corrected chi connectivity index (χ2v) is 4.07. The zero-order valence-electron chi connectivity index (χ0n) is 8.55. The number of Topliss-reactive ketones (excluding diaryl/α,β-unsaturated/α-hetero) is 1. The third kappa shape index (κ3) is 2.10. The van der Waals surface area contributed by atoms with E-state index >= 15 is 0 Å². The average Bonchev–Trinajstić information content (AvgIpc) is 2.14. The third-order valence-corrected chi connectivity index (χ3v) is 2.97. The highest BCUT2D eigenvalue weighted by Gasteiger charge is 2.31. The van der Waals surface area contributed by atoms with Gasteiger partial charge in [-0.05, 0) is 25.0 Å². The van der Waals surface area contributed by atoms with Gasteiger partial charge in [-0.3, -0.25) is 4.79 Å². The summed E-state index contributed by atoms with van der Waals surface area (Å²) >= 11 is 0. The molecule has 1 saturated carbocycles. The quantitative estimate of drug-likeness (QED) is 0.705.